The van der Waals surface area contributed by atoms with Gasteiger partial charge in [0.15, 0.2) is 0 Å². The average molecular weight is 915 g/mol. The Bertz CT molecular complexity index is 1230. The molecule has 6 unspecified atom stereocenters. The molecule has 0 spiro atoms. The SMILES string of the molecule is CCCCC/C=C\C/C=C\CCCCCCCCCC(=O)OC(COCCCCCCCCCC/C=C\C/C=C\CCCCCC)COP(=O)(O)OC1C(O)C(O)C(O)C(O)C1O. The standard InChI is InChI=1S/C50H91O12P/c1-3-5-7-9-11-13-15-17-19-21-22-24-26-28-30-32-34-36-38-40-59-41-43(42-60-63(57,58)62-50-48(55)46(53)45(52)47(54)49(50)56)61-44(51)39-37-35-33-31-29-27-25-23-20-18-16-14-12-10-8-6-4-2/h12-15,18-21,43,45-50,52-56H,3-11,16-17,22-42H2,1-2H3,(H,57,58)/b14-12-,15-13-,20-18-,21-19-. The van der Waals surface area contributed by atoms with Gasteiger partial charge in [-0.3, -0.25) is 13.8 Å². The van der Waals surface area contributed by atoms with E-state index in [2.05, 4.69) is 62.5 Å². The molecule has 0 radical (unpaired) electrons. The van der Waals surface area contributed by atoms with Gasteiger partial charge >= 0.3 is 13.8 Å². The summed E-state index contributed by atoms with van der Waals surface area (Å²) in [6.45, 7) is 4.21. The maximum atomic E-state index is 12.8. The predicted molar refractivity (Wildman–Crippen MR) is 253 cm³/mol. The number of unbranched alkanes of at least 4 members (excludes halogenated alkanes) is 22. The Morgan fingerprint density at radius 3 is 1.37 bits per heavy atom. The van der Waals surface area contributed by atoms with Gasteiger partial charge in [-0.1, -0.05) is 165 Å². The van der Waals surface area contributed by atoms with Gasteiger partial charge < -0.3 is 39.9 Å². The van der Waals surface area contributed by atoms with Crippen LogP contribution in [0.5, 0.6) is 0 Å². The number of phosphoric acid groups is 1. The van der Waals surface area contributed by atoms with E-state index in [1.807, 2.05) is 0 Å². The molecule has 1 aliphatic carbocycles. The van der Waals surface area contributed by atoms with E-state index in [4.69, 9.17) is 18.5 Å². The van der Waals surface area contributed by atoms with Gasteiger partial charge in [0.05, 0.1) is 13.2 Å². The lowest BCUT2D eigenvalue weighted by Gasteiger charge is -2.41. The number of carbonyl (C=O) groups is 1. The molecule has 1 saturated carbocycles. The molecule has 0 aromatic rings. The molecule has 6 N–H and O–H groups in total. The molecule has 0 aromatic heterocycles. The highest BCUT2D eigenvalue weighted by Crippen LogP contribution is 2.47. The fraction of sp³-hybridized carbons (Fsp3) is 0.820. The van der Waals surface area contributed by atoms with E-state index in [-0.39, 0.29) is 13.0 Å². The summed E-state index contributed by atoms with van der Waals surface area (Å²) in [4.78, 5) is 23.2. The van der Waals surface area contributed by atoms with E-state index in [0.717, 1.165) is 77.0 Å². The fourth-order valence-electron chi connectivity index (χ4n) is 7.42. The first-order valence-electron chi connectivity index (χ1n) is 25.0. The van der Waals surface area contributed by atoms with Crippen LogP contribution in [0.3, 0.4) is 0 Å². The molecule has 0 amide bonds. The van der Waals surface area contributed by atoms with Crippen molar-refractivity contribution in [1.29, 1.82) is 0 Å². The normalized spacial score (nSPS) is 22.2. The minimum atomic E-state index is -5.03. The summed E-state index contributed by atoms with van der Waals surface area (Å²) in [5, 5.41) is 50.3. The summed E-state index contributed by atoms with van der Waals surface area (Å²) in [5.74, 6) is -0.487. The molecule has 13 heteroatoms. The van der Waals surface area contributed by atoms with Gasteiger partial charge in [-0.25, -0.2) is 4.57 Å². The first-order chi connectivity index (χ1) is 30.5. The van der Waals surface area contributed by atoms with Crippen LogP contribution >= 0.6 is 7.82 Å². The van der Waals surface area contributed by atoms with Gasteiger partial charge in [-0.15, -0.1) is 0 Å². The smallest absolute Gasteiger partial charge is 0.457 e. The van der Waals surface area contributed by atoms with Crippen LogP contribution in [0.4, 0.5) is 0 Å². The lowest BCUT2D eigenvalue weighted by atomic mass is 9.85. The number of allylic oxidation sites excluding steroid dienone is 8. The molecule has 1 rings (SSSR count). The summed E-state index contributed by atoms with van der Waals surface area (Å²) >= 11 is 0. The minimum absolute atomic E-state index is 0.0846. The van der Waals surface area contributed by atoms with Crippen molar-refractivity contribution in [2.75, 3.05) is 19.8 Å². The zero-order valence-electron chi connectivity index (χ0n) is 39.4. The molecule has 6 atom stereocenters. The minimum Gasteiger partial charge on any atom is -0.457 e. The van der Waals surface area contributed by atoms with Crippen LogP contribution in [-0.2, 0) is 27.9 Å². The Labute approximate surface area is 382 Å². The molecular weight excluding hydrogens is 824 g/mol. The van der Waals surface area contributed by atoms with Crippen LogP contribution in [-0.4, -0.2) is 98.9 Å². The Balaban J connectivity index is 2.37. The summed E-state index contributed by atoms with van der Waals surface area (Å²) in [5.41, 5.74) is 0. The van der Waals surface area contributed by atoms with E-state index >= 15 is 0 Å². The Morgan fingerprint density at radius 2 is 0.889 bits per heavy atom. The number of aliphatic hydroxyl groups excluding tert-OH is 5. The van der Waals surface area contributed by atoms with E-state index in [0.29, 0.717) is 13.0 Å². The Kier molecular flexibility index (Phi) is 38.2. The number of phosphoric ester groups is 1. The number of rotatable bonds is 42. The molecule has 0 aliphatic heterocycles. The van der Waals surface area contributed by atoms with Crippen LogP contribution in [0.2, 0.25) is 0 Å². The van der Waals surface area contributed by atoms with Crippen molar-refractivity contribution in [3.8, 4) is 0 Å². The third kappa shape index (κ3) is 32.6. The van der Waals surface area contributed by atoms with Crippen LogP contribution in [0, 0.1) is 0 Å². The number of ether oxygens (including phenoxy) is 2. The third-order valence-corrected chi connectivity index (χ3v) is 12.4. The molecule has 368 valence electrons. The van der Waals surface area contributed by atoms with Crippen molar-refractivity contribution in [2.24, 2.45) is 0 Å². The van der Waals surface area contributed by atoms with Crippen molar-refractivity contribution < 1.29 is 58.3 Å². The molecule has 0 saturated heterocycles. The molecule has 12 nitrogen and oxygen atoms in total. The van der Waals surface area contributed by atoms with Gasteiger partial charge in [0.25, 0.3) is 0 Å². The Hall–Kier alpha value is -1.70. The lowest BCUT2D eigenvalue weighted by molar-refractivity contribution is -0.220. The maximum Gasteiger partial charge on any atom is 0.472 e. The second kappa shape index (κ2) is 40.6. The number of aliphatic hydroxyl groups is 5. The molecule has 63 heavy (non-hydrogen) atoms. The summed E-state index contributed by atoms with van der Waals surface area (Å²) in [6.07, 6.45) is 37.4. The van der Waals surface area contributed by atoms with Crippen LogP contribution in [0.15, 0.2) is 48.6 Å². The van der Waals surface area contributed by atoms with Gasteiger partial charge in [0.2, 0.25) is 0 Å². The van der Waals surface area contributed by atoms with Crippen LogP contribution < -0.4 is 0 Å². The number of esters is 1. The number of carbonyl (C=O) groups excluding carboxylic acids is 1. The highest BCUT2D eigenvalue weighted by atomic mass is 31.2. The molecule has 1 aliphatic rings. The van der Waals surface area contributed by atoms with Crippen LogP contribution in [0.25, 0.3) is 0 Å². The highest BCUT2D eigenvalue weighted by molar-refractivity contribution is 7.47. The highest BCUT2D eigenvalue weighted by Gasteiger charge is 2.51. The van der Waals surface area contributed by atoms with Crippen molar-refractivity contribution in [3.05, 3.63) is 48.6 Å². The maximum absolute atomic E-state index is 12.8. The van der Waals surface area contributed by atoms with Crippen molar-refractivity contribution >= 4 is 13.8 Å². The second-order valence-electron chi connectivity index (χ2n) is 17.3. The van der Waals surface area contributed by atoms with Crippen molar-refractivity contribution in [3.63, 3.8) is 0 Å². The van der Waals surface area contributed by atoms with E-state index in [1.54, 1.807) is 0 Å². The molecule has 0 aromatic carbocycles. The van der Waals surface area contributed by atoms with Crippen molar-refractivity contribution in [1.82, 2.24) is 0 Å². The quantitative estimate of drug-likeness (QED) is 0.0147. The van der Waals surface area contributed by atoms with Crippen molar-refractivity contribution in [2.45, 2.75) is 243 Å². The zero-order valence-corrected chi connectivity index (χ0v) is 40.3. The Morgan fingerprint density at radius 1 is 0.508 bits per heavy atom. The predicted octanol–water partition coefficient (Wildman–Crippen LogP) is 10.8. The summed E-state index contributed by atoms with van der Waals surface area (Å²) in [6, 6.07) is 0. The van der Waals surface area contributed by atoms with E-state index in [1.165, 1.54) is 96.3 Å². The average Bonchev–Trinajstić information content (AvgIpc) is 3.27. The largest absolute Gasteiger partial charge is 0.472 e. The zero-order chi connectivity index (χ0) is 46.2. The monoisotopic (exact) mass is 915 g/mol. The molecule has 0 heterocycles. The number of hydrogen-bond donors (Lipinski definition) is 6. The lowest BCUT2D eigenvalue weighted by Crippen LogP contribution is -2.64. The first kappa shape index (κ1) is 59.3. The summed E-state index contributed by atoms with van der Waals surface area (Å²) < 4.78 is 34.3. The summed E-state index contributed by atoms with van der Waals surface area (Å²) in [7, 11) is -5.03. The third-order valence-electron chi connectivity index (χ3n) is 11.4. The van der Waals surface area contributed by atoms with Gasteiger partial charge in [-0.05, 0) is 77.0 Å². The number of hydrogen-bond acceptors (Lipinski definition) is 11. The van der Waals surface area contributed by atoms with Gasteiger partial charge in [0.1, 0.15) is 42.7 Å². The topological polar surface area (TPSA) is 192 Å². The van der Waals surface area contributed by atoms with E-state index < -0.39 is 63.1 Å². The van der Waals surface area contributed by atoms with Gasteiger partial charge in [-0.2, -0.15) is 0 Å². The van der Waals surface area contributed by atoms with Crippen LogP contribution in [0.1, 0.15) is 200 Å². The molecule has 0 bridgehead atoms. The van der Waals surface area contributed by atoms with Gasteiger partial charge in [0, 0.05) is 13.0 Å². The molecular formula is C50H91O12P. The second-order valence-corrected chi connectivity index (χ2v) is 18.7. The first-order valence-corrected chi connectivity index (χ1v) is 26.5. The fourth-order valence-corrected chi connectivity index (χ4v) is 8.39. The van der Waals surface area contributed by atoms with E-state index in [9.17, 15) is 39.8 Å². The molecule has 1 fully saturated rings.